The number of likely N-dealkylation sites (tertiary alicyclic amines) is 1. The number of rotatable bonds is 5. The van der Waals surface area contributed by atoms with Crippen molar-refractivity contribution in [1.82, 2.24) is 4.90 Å². The largest absolute Gasteiger partial charge is 0.481 e. The van der Waals surface area contributed by atoms with Crippen LogP contribution in [0.5, 0.6) is 0 Å². The lowest BCUT2D eigenvalue weighted by atomic mass is 9.98. The van der Waals surface area contributed by atoms with E-state index in [9.17, 15) is 18.0 Å². The molecule has 0 aromatic heterocycles. The molecule has 1 unspecified atom stereocenters. The van der Waals surface area contributed by atoms with Crippen LogP contribution in [0.15, 0.2) is 0 Å². The first-order valence-electron chi connectivity index (χ1n) is 7.62. The maximum Gasteiger partial charge on any atom is 0.308 e. The second kappa shape index (κ2) is 6.77. The molecule has 1 aliphatic carbocycles. The summed E-state index contributed by atoms with van der Waals surface area (Å²) in [4.78, 5) is 24.6. The van der Waals surface area contributed by atoms with E-state index in [1.807, 2.05) is 0 Å². The van der Waals surface area contributed by atoms with Crippen molar-refractivity contribution in [1.29, 1.82) is 0 Å². The van der Waals surface area contributed by atoms with Crippen LogP contribution in [0.3, 0.4) is 0 Å². The Bertz CT molecular complexity index is 495. The standard InChI is InChI=1S/C14H23NO5S/c16-13(15-8-3-4-11(10-15)14(17)18)7-9-21(19,20)12-5-1-2-6-12/h11-12H,1-10H2,(H,17,18). The number of sulfone groups is 1. The van der Waals surface area contributed by atoms with E-state index >= 15 is 0 Å². The van der Waals surface area contributed by atoms with Crippen molar-refractivity contribution in [2.75, 3.05) is 18.8 Å². The molecule has 1 N–H and O–H groups in total. The van der Waals surface area contributed by atoms with Crippen molar-refractivity contribution in [3.8, 4) is 0 Å². The first kappa shape index (κ1) is 16.3. The Hall–Kier alpha value is -1.11. The fourth-order valence-electron chi connectivity index (χ4n) is 3.21. The zero-order valence-electron chi connectivity index (χ0n) is 12.2. The van der Waals surface area contributed by atoms with Gasteiger partial charge in [0, 0.05) is 19.5 Å². The molecule has 1 amide bonds. The molecule has 120 valence electrons. The van der Waals surface area contributed by atoms with Crippen LogP contribution in [-0.4, -0.2) is 54.4 Å². The number of carboxylic acids is 1. The molecule has 1 heterocycles. The van der Waals surface area contributed by atoms with E-state index in [0.717, 1.165) is 12.8 Å². The third-order valence-corrected chi connectivity index (χ3v) is 6.79. The summed E-state index contributed by atoms with van der Waals surface area (Å²) >= 11 is 0. The van der Waals surface area contributed by atoms with Gasteiger partial charge >= 0.3 is 5.97 Å². The van der Waals surface area contributed by atoms with Crippen molar-refractivity contribution in [2.45, 2.75) is 50.2 Å². The van der Waals surface area contributed by atoms with Gasteiger partial charge in [0.1, 0.15) is 0 Å². The van der Waals surface area contributed by atoms with E-state index in [-0.39, 0.29) is 29.9 Å². The van der Waals surface area contributed by atoms with Gasteiger partial charge in [-0.05, 0) is 25.7 Å². The molecular formula is C14H23NO5S. The number of carbonyl (C=O) groups excluding carboxylic acids is 1. The summed E-state index contributed by atoms with van der Waals surface area (Å²) in [5.41, 5.74) is 0. The summed E-state index contributed by atoms with van der Waals surface area (Å²) in [6.07, 6.45) is 4.54. The van der Waals surface area contributed by atoms with Crippen LogP contribution in [0.4, 0.5) is 0 Å². The summed E-state index contributed by atoms with van der Waals surface area (Å²) < 4.78 is 24.3. The Kier molecular flexibility index (Phi) is 5.24. The van der Waals surface area contributed by atoms with Gasteiger partial charge in [0.15, 0.2) is 9.84 Å². The molecule has 21 heavy (non-hydrogen) atoms. The third kappa shape index (κ3) is 4.18. The number of carbonyl (C=O) groups is 2. The van der Waals surface area contributed by atoms with Gasteiger partial charge in [-0.2, -0.15) is 0 Å². The minimum atomic E-state index is -3.19. The van der Waals surface area contributed by atoms with E-state index in [1.54, 1.807) is 0 Å². The summed E-state index contributed by atoms with van der Waals surface area (Å²) in [7, 11) is -3.19. The molecule has 1 saturated carbocycles. The van der Waals surface area contributed by atoms with Crippen LogP contribution in [-0.2, 0) is 19.4 Å². The van der Waals surface area contributed by atoms with Crippen molar-refractivity contribution < 1.29 is 23.1 Å². The van der Waals surface area contributed by atoms with Crippen molar-refractivity contribution >= 4 is 21.7 Å². The van der Waals surface area contributed by atoms with E-state index in [2.05, 4.69) is 0 Å². The second-order valence-corrected chi connectivity index (χ2v) is 8.44. The summed E-state index contributed by atoms with van der Waals surface area (Å²) in [6.45, 7) is 0.740. The molecule has 7 heteroatoms. The number of hydrogen-bond acceptors (Lipinski definition) is 4. The SMILES string of the molecule is O=C(O)C1CCCN(C(=O)CCS(=O)(=O)C2CCCC2)C1. The number of carboxylic acid groups (broad SMARTS) is 1. The topological polar surface area (TPSA) is 91.8 Å². The first-order valence-corrected chi connectivity index (χ1v) is 9.34. The number of aliphatic carboxylic acids is 1. The summed E-state index contributed by atoms with van der Waals surface area (Å²) in [5, 5.41) is 8.73. The van der Waals surface area contributed by atoms with Crippen LogP contribution < -0.4 is 0 Å². The minimum Gasteiger partial charge on any atom is -0.481 e. The van der Waals surface area contributed by atoms with Crippen molar-refractivity contribution in [2.24, 2.45) is 5.92 Å². The number of nitrogens with zero attached hydrogens (tertiary/aromatic N) is 1. The average molecular weight is 317 g/mol. The molecular weight excluding hydrogens is 294 g/mol. The maximum atomic E-state index is 12.1. The quantitative estimate of drug-likeness (QED) is 0.818. The highest BCUT2D eigenvalue weighted by Crippen LogP contribution is 2.26. The molecule has 0 radical (unpaired) electrons. The lowest BCUT2D eigenvalue weighted by molar-refractivity contribution is -0.145. The Balaban J connectivity index is 1.85. The first-order chi connectivity index (χ1) is 9.90. The highest BCUT2D eigenvalue weighted by Gasteiger charge is 2.31. The van der Waals surface area contributed by atoms with E-state index in [0.29, 0.717) is 32.2 Å². The lowest BCUT2D eigenvalue weighted by Gasteiger charge is -2.30. The number of hydrogen-bond donors (Lipinski definition) is 1. The van der Waals surface area contributed by atoms with Crippen molar-refractivity contribution in [3.63, 3.8) is 0 Å². The van der Waals surface area contributed by atoms with Gasteiger partial charge in [0.25, 0.3) is 0 Å². The maximum absolute atomic E-state index is 12.1. The fourth-order valence-corrected chi connectivity index (χ4v) is 5.05. The smallest absolute Gasteiger partial charge is 0.308 e. The average Bonchev–Trinajstić information content (AvgIpc) is 3.00. The molecule has 1 saturated heterocycles. The zero-order valence-corrected chi connectivity index (χ0v) is 13.0. The molecule has 2 fully saturated rings. The molecule has 2 aliphatic rings. The molecule has 1 atom stereocenters. The Morgan fingerprint density at radius 1 is 1.10 bits per heavy atom. The van der Waals surface area contributed by atoms with Crippen LogP contribution in [0, 0.1) is 5.92 Å². The normalized spacial score (nSPS) is 24.2. The van der Waals surface area contributed by atoms with Gasteiger partial charge in [-0.1, -0.05) is 12.8 Å². The molecule has 0 spiro atoms. The lowest BCUT2D eigenvalue weighted by Crippen LogP contribution is -2.43. The molecule has 6 nitrogen and oxygen atoms in total. The van der Waals surface area contributed by atoms with E-state index < -0.39 is 21.7 Å². The predicted molar refractivity (Wildman–Crippen MR) is 77.6 cm³/mol. The summed E-state index contributed by atoms with van der Waals surface area (Å²) in [6, 6.07) is 0. The molecule has 0 aromatic rings. The Labute approximate surface area is 125 Å². The molecule has 0 bridgehead atoms. The van der Waals surface area contributed by atoms with Crippen molar-refractivity contribution in [3.05, 3.63) is 0 Å². The van der Waals surface area contributed by atoms with Crippen LogP contribution >= 0.6 is 0 Å². The Morgan fingerprint density at radius 3 is 2.38 bits per heavy atom. The van der Waals surface area contributed by atoms with Gasteiger partial charge < -0.3 is 10.0 Å². The zero-order chi connectivity index (χ0) is 15.5. The van der Waals surface area contributed by atoms with Crippen LogP contribution in [0.25, 0.3) is 0 Å². The van der Waals surface area contributed by atoms with Crippen LogP contribution in [0.2, 0.25) is 0 Å². The van der Waals surface area contributed by atoms with Gasteiger partial charge in [-0.25, -0.2) is 8.42 Å². The Morgan fingerprint density at radius 2 is 1.76 bits per heavy atom. The minimum absolute atomic E-state index is 0.0226. The van der Waals surface area contributed by atoms with E-state index in [4.69, 9.17) is 5.11 Å². The second-order valence-electron chi connectivity index (χ2n) is 6.04. The fraction of sp³-hybridized carbons (Fsp3) is 0.857. The van der Waals surface area contributed by atoms with Gasteiger partial charge in [0.2, 0.25) is 5.91 Å². The highest BCUT2D eigenvalue weighted by molar-refractivity contribution is 7.92. The van der Waals surface area contributed by atoms with Gasteiger partial charge in [-0.3, -0.25) is 9.59 Å². The molecule has 2 rings (SSSR count). The molecule has 0 aromatic carbocycles. The monoisotopic (exact) mass is 317 g/mol. The molecule has 1 aliphatic heterocycles. The predicted octanol–water partition coefficient (Wildman–Crippen LogP) is 1.06. The van der Waals surface area contributed by atoms with E-state index in [1.165, 1.54) is 4.90 Å². The van der Waals surface area contributed by atoms with Crippen LogP contribution in [0.1, 0.15) is 44.9 Å². The highest BCUT2D eigenvalue weighted by atomic mass is 32.2. The van der Waals surface area contributed by atoms with Gasteiger partial charge in [0.05, 0.1) is 16.9 Å². The summed E-state index contributed by atoms with van der Waals surface area (Å²) in [5.74, 6) is -1.74. The van der Waals surface area contributed by atoms with Gasteiger partial charge in [-0.15, -0.1) is 0 Å². The number of amides is 1. The third-order valence-electron chi connectivity index (χ3n) is 4.53. The number of piperidine rings is 1.